The van der Waals surface area contributed by atoms with Crippen molar-refractivity contribution in [2.24, 2.45) is 5.92 Å². The molecule has 0 spiro atoms. The Balaban J connectivity index is 2.30. The van der Waals surface area contributed by atoms with Gasteiger partial charge in [0.25, 0.3) is 0 Å². The fraction of sp³-hybridized carbons (Fsp3) is 0.692. The van der Waals surface area contributed by atoms with Crippen LogP contribution in [0.25, 0.3) is 0 Å². The molecule has 1 saturated heterocycles. The van der Waals surface area contributed by atoms with Crippen LogP contribution in [0.5, 0.6) is 5.75 Å². The maximum Gasteiger partial charge on any atom is 0.189 e. The first-order valence-corrected chi connectivity index (χ1v) is 6.56. The molecule has 0 bridgehead atoms. The Morgan fingerprint density at radius 2 is 2.44 bits per heavy atom. The van der Waals surface area contributed by atoms with Crippen LogP contribution in [0.4, 0.5) is 0 Å². The van der Waals surface area contributed by atoms with Gasteiger partial charge in [0.2, 0.25) is 0 Å². The molecule has 1 aromatic heterocycles. The summed E-state index contributed by atoms with van der Waals surface area (Å²) < 4.78 is 7.03. The summed E-state index contributed by atoms with van der Waals surface area (Å²) in [4.78, 5) is 12.6. The van der Waals surface area contributed by atoms with Gasteiger partial charge in [-0.25, -0.2) is 0 Å². The average Bonchev–Trinajstić information content (AvgIpc) is 2.95. The molecular formula is C13H21N3O2. The zero-order chi connectivity index (χ0) is 13.1. The number of hydrogen-bond acceptors (Lipinski definition) is 4. The molecule has 1 aliphatic heterocycles. The van der Waals surface area contributed by atoms with Crippen LogP contribution in [0.15, 0.2) is 6.20 Å². The molecule has 0 aliphatic carbocycles. The number of carbonyl (C=O) groups is 1. The maximum absolute atomic E-state index is 12.6. The molecule has 1 aliphatic rings. The van der Waals surface area contributed by atoms with Gasteiger partial charge in [-0.05, 0) is 26.3 Å². The van der Waals surface area contributed by atoms with E-state index in [-0.39, 0.29) is 17.7 Å². The Kier molecular flexibility index (Phi) is 4.01. The highest BCUT2D eigenvalue weighted by molar-refractivity contribution is 5.99. The molecule has 0 amide bonds. The Labute approximate surface area is 108 Å². The molecule has 2 rings (SSSR count). The SMILES string of the molecule is CCCn1ncc(OC)c1C(=O)C1CCNC1C. The minimum absolute atomic E-state index is 0.0335. The van der Waals surface area contributed by atoms with Gasteiger partial charge in [0, 0.05) is 18.5 Å². The van der Waals surface area contributed by atoms with Crippen LogP contribution < -0.4 is 10.1 Å². The lowest BCUT2D eigenvalue weighted by Crippen LogP contribution is -2.29. The summed E-state index contributed by atoms with van der Waals surface area (Å²) in [5, 5.41) is 7.55. The van der Waals surface area contributed by atoms with E-state index in [1.54, 1.807) is 18.0 Å². The second-order valence-corrected chi connectivity index (χ2v) is 4.79. The van der Waals surface area contributed by atoms with E-state index in [4.69, 9.17) is 4.74 Å². The van der Waals surface area contributed by atoms with Gasteiger partial charge in [0.1, 0.15) is 5.69 Å². The summed E-state index contributed by atoms with van der Waals surface area (Å²) in [6, 6.07) is 0.229. The minimum Gasteiger partial charge on any atom is -0.493 e. The quantitative estimate of drug-likeness (QED) is 0.805. The van der Waals surface area contributed by atoms with Crippen molar-refractivity contribution in [3.63, 3.8) is 0 Å². The molecule has 1 fully saturated rings. The molecule has 5 heteroatoms. The van der Waals surface area contributed by atoms with Crippen molar-refractivity contribution in [1.82, 2.24) is 15.1 Å². The van der Waals surface area contributed by atoms with E-state index < -0.39 is 0 Å². The van der Waals surface area contributed by atoms with Crippen LogP contribution in [-0.2, 0) is 6.54 Å². The van der Waals surface area contributed by atoms with E-state index in [1.807, 2.05) is 0 Å². The van der Waals surface area contributed by atoms with Crippen molar-refractivity contribution in [3.05, 3.63) is 11.9 Å². The summed E-state index contributed by atoms with van der Waals surface area (Å²) in [6.45, 7) is 5.78. The van der Waals surface area contributed by atoms with Crippen LogP contribution in [-0.4, -0.2) is 35.3 Å². The molecule has 0 saturated carbocycles. The van der Waals surface area contributed by atoms with E-state index in [9.17, 15) is 4.79 Å². The smallest absolute Gasteiger partial charge is 0.189 e. The van der Waals surface area contributed by atoms with Gasteiger partial charge in [-0.15, -0.1) is 0 Å². The molecule has 1 N–H and O–H groups in total. The summed E-state index contributed by atoms with van der Waals surface area (Å²) in [6.07, 6.45) is 3.47. The second-order valence-electron chi connectivity index (χ2n) is 4.79. The lowest BCUT2D eigenvalue weighted by Gasteiger charge is -2.15. The summed E-state index contributed by atoms with van der Waals surface area (Å²) in [5.41, 5.74) is 0.625. The zero-order valence-electron chi connectivity index (χ0n) is 11.3. The van der Waals surface area contributed by atoms with Crippen molar-refractivity contribution in [1.29, 1.82) is 0 Å². The van der Waals surface area contributed by atoms with Crippen LogP contribution in [0.1, 0.15) is 37.2 Å². The molecule has 5 nitrogen and oxygen atoms in total. The second kappa shape index (κ2) is 5.52. The standard InChI is InChI=1S/C13H21N3O2/c1-4-7-16-12(11(18-3)8-15-16)13(17)10-5-6-14-9(10)2/h8-10,14H,4-7H2,1-3H3. The van der Waals surface area contributed by atoms with Crippen molar-refractivity contribution >= 4 is 5.78 Å². The largest absolute Gasteiger partial charge is 0.493 e. The molecule has 2 heterocycles. The van der Waals surface area contributed by atoms with Crippen LogP contribution in [0.2, 0.25) is 0 Å². The van der Waals surface area contributed by atoms with E-state index in [2.05, 4.69) is 24.3 Å². The molecule has 2 atom stereocenters. The van der Waals surface area contributed by atoms with Crippen molar-refractivity contribution in [3.8, 4) is 5.75 Å². The first-order chi connectivity index (χ1) is 8.69. The lowest BCUT2D eigenvalue weighted by atomic mass is 9.94. The van der Waals surface area contributed by atoms with E-state index in [0.29, 0.717) is 11.4 Å². The lowest BCUT2D eigenvalue weighted by molar-refractivity contribution is 0.0899. The summed E-state index contributed by atoms with van der Waals surface area (Å²) >= 11 is 0. The van der Waals surface area contributed by atoms with Gasteiger partial charge in [0.05, 0.1) is 13.3 Å². The van der Waals surface area contributed by atoms with E-state index >= 15 is 0 Å². The van der Waals surface area contributed by atoms with Crippen molar-refractivity contribution in [2.75, 3.05) is 13.7 Å². The Bertz CT molecular complexity index is 428. The molecule has 1 aromatic rings. The normalized spacial score (nSPS) is 23.3. The third kappa shape index (κ3) is 2.27. The first kappa shape index (κ1) is 13.1. The Morgan fingerprint density at radius 1 is 1.67 bits per heavy atom. The minimum atomic E-state index is 0.0335. The number of nitrogens with one attached hydrogen (secondary N) is 1. The fourth-order valence-electron chi connectivity index (χ4n) is 2.54. The number of rotatable bonds is 5. The maximum atomic E-state index is 12.6. The third-order valence-electron chi connectivity index (χ3n) is 3.56. The molecule has 2 unspecified atom stereocenters. The van der Waals surface area contributed by atoms with Gasteiger partial charge in [-0.1, -0.05) is 6.92 Å². The highest BCUT2D eigenvalue weighted by Gasteiger charge is 2.33. The number of aromatic nitrogens is 2. The fourth-order valence-corrected chi connectivity index (χ4v) is 2.54. The van der Waals surface area contributed by atoms with Gasteiger partial charge < -0.3 is 10.1 Å². The van der Waals surface area contributed by atoms with E-state index in [0.717, 1.165) is 25.9 Å². The number of aryl methyl sites for hydroxylation is 1. The number of hydrogen-bond donors (Lipinski definition) is 1. The van der Waals surface area contributed by atoms with Crippen LogP contribution in [0, 0.1) is 5.92 Å². The zero-order valence-corrected chi connectivity index (χ0v) is 11.3. The number of carbonyl (C=O) groups excluding carboxylic acids is 1. The van der Waals surface area contributed by atoms with Gasteiger partial charge >= 0.3 is 0 Å². The third-order valence-corrected chi connectivity index (χ3v) is 3.56. The first-order valence-electron chi connectivity index (χ1n) is 6.56. The van der Waals surface area contributed by atoms with Crippen LogP contribution >= 0.6 is 0 Å². The van der Waals surface area contributed by atoms with Crippen molar-refractivity contribution < 1.29 is 9.53 Å². The predicted molar refractivity (Wildman–Crippen MR) is 69.0 cm³/mol. The highest BCUT2D eigenvalue weighted by Crippen LogP contribution is 2.26. The molecule has 0 aromatic carbocycles. The summed E-state index contributed by atoms with van der Waals surface area (Å²) in [7, 11) is 1.58. The number of ketones is 1. The van der Waals surface area contributed by atoms with Crippen molar-refractivity contribution in [2.45, 2.75) is 39.3 Å². The van der Waals surface area contributed by atoms with E-state index in [1.165, 1.54) is 0 Å². The number of nitrogens with zero attached hydrogens (tertiary/aromatic N) is 2. The topological polar surface area (TPSA) is 56.2 Å². The van der Waals surface area contributed by atoms with Gasteiger partial charge in [-0.2, -0.15) is 5.10 Å². The number of Topliss-reactive ketones (excluding diaryl/α,β-unsaturated/α-hetero) is 1. The highest BCUT2D eigenvalue weighted by atomic mass is 16.5. The van der Waals surface area contributed by atoms with Gasteiger partial charge in [0.15, 0.2) is 11.5 Å². The monoisotopic (exact) mass is 251 g/mol. The Morgan fingerprint density at radius 3 is 3.00 bits per heavy atom. The van der Waals surface area contributed by atoms with Gasteiger partial charge in [-0.3, -0.25) is 9.48 Å². The molecule has 0 radical (unpaired) electrons. The summed E-state index contributed by atoms with van der Waals surface area (Å²) in [5.74, 6) is 0.772. The number of ether oxygens (including phenoxy) is 1. The molecule has 100 valence electrons. The molecule has 18 heavy (non-hydrogen) atoms. The predicted octanol–water partition coefficient (Wildman–Crippen LogP) is 1.48. The Hall–Kier alpha value is -1.36. The average molecular weight is 251 g/mol. The van der Waals surface area contributed by atoms with Crippen LogP contribution in [0.3, 0.4) is 0 Å². The molecular weight excluding hydrogens is 230 g/mol. The number of methoxy groups -OCH3 is 1.